The van der Waals surface area contributed by atoms with Crippen molar-refractivity contribution in [3.05, 3.63) is 24.0 Å². The lowest BCUT2D eigenvalue weighted by Gasteiger charge is -2.24. The fraction of sp³-hybridized carbons (Fsp3) is 0.429. The lowest BCUT2D eigenvalue weighted by atomic mass is 10.2. The Balaban J connectivity index is 2.14. The number of hydrogen-bond acceptors (Lipinski definition) is 5. The van der Waals surface area contributed by atoms with Crippen LogP contribution in [0, 0.1) is 5.82 Å². The van der Waals surface area contributed by atoms with Crippen LogP contribution in [-0.4, -0.2) is 35.7 Å². The predicted octanol–water partition coefficient (Wildman–Crippen LogP) is 1.95. The molecule has 21 heavy (non-hydrogen) atoms. The predicted molar refractivity (Wildman–Crippen MR) is 76.1 cm³/mol. The van der Waals surface area contributed by atoms with E-state index in [4.69, 9.17) is 10.5 Å². The van der Waals surface area contributed by atoms with Gasteiger partial charge in [-0.1, -0.05) is 0 Å². The smallest absolute Gasteiger partial charge is 0.418 e. The van der Waals surface area contributed by atoms with Gasteiger partial charge in [0.05, 0.1) is 12.2 Å². The third kappa shape index (κ3) is 3.42. The minimum Gasteiger partial charge on any atom is -0.443 e. The standard InChI is InChI=1S/C14H18FN3O3/c1-14(2,3)21-13(20)18-8-17(7-12(18)19)11-5-4-9(16)6-10(11)15/h4-6H,7-8,16H2,1-3H3. The number of nitrogens with two attached hydrogens (primary N) is 1. The number of carbonyl (C=O) groups is 2. The molecule has 1 aliphatic rings. The van der Waals surface area contributed by atoms with Crippen LogP contribution in [0.1, 0.15) is 20.8 Å². The molecule has 7 heteroatoms. The Kier molecular flexibility index (Phi) is 3.76. The number of imide groups is 1. The summed E-state index contributed by atoms with van der Waals surface area (Å²) in [6.45, 7) is 5.00. The molecule has 1 fully saturated rings. The van der Waals surface area contributed by atoms with Crippen LogP contribution >= 0.6 is 0 Å². The van der Waals surface area contributed by atoms with E-state index in [1.807, 2.05) is 0 Å². The van der Waals surface area contributed by atoms with Crippen molar-refractivity contribution in [2.75, 3.05) is 23.8 Å². The second-order valence-electron chi connectivity index (χ2n) is 5.85. The van der Waals surface area contributed by atoms with Gasteiger partial charge in [-0.05, 0) is 39.0 Å². The van der Waals surface area contributed by atoms with Crippen molar-refractivity contribution in [3.8, 4) is 0 Å². The van der Waals surface area contributed by atoms with Crippen LogP contribution in [0.3, 0.4) is 0 Å². The normalized spacial score (nSPS) is 15.5. The third-order valence-corrected chi connectivity index (χ3v) is 2.87. The number of nitrogen functional groups attached to an aromatic ring is 1. The van der Waals surface area contributed by atoms with Crippen LogP contribution < -0.4 is 10.6 Å². The molecule has 0 atom stereocenters. The SMILES string of the molecule is CC(C)(C)OC(=O)N1CN(c2ccc(N)cc2F)CC1=O. The highest BCUT2D eigenvalue weighted by atomic mass is 19.1. The van der Waals surface area contributed by atoms with E-state index in [-0.39, 0.29) is 18.9 Å². The van der Waals surface area contributed by atoms with Gasteiger partial charge in [-0.15, -0.1) is 0 Å². The number of amides is 2. The summed E-state index contributed by atoms with van der Waals surface area (Å²) in [5.74, 6) is -0.964. The molecule has 1 aliphatic heterocycles. The first-order chi connectivity index (χ1) is 9.67. The molecule has 0 saturated carbocycles. The first-order valence-electron chi connectivity index (χ1n) is 6.51. The fourth-order valence-corrected chi connectivity index (χ4v) is 1.97. The molecule has 0 bridgehead atoms. The van der Waals surface area contributed by atoms with Crippen LogP contribution in [0.2, 0.25) is 0 Å². The Morgan fingerprint density at radius 1 is 1.38 bits per heavy atom. The maximum absolute atomic E-state index is 13.9. The van der Waals surface area contributed by atoms with E-state index in [9.17, 15) is 14.0 Å². The number of carbonyl (C=O) groups excluding carboxylic acids is 2. The van der Waals surface area contributed by atoms with Crippen molar-refractivity contribution in [3.63, 3.8) is 0 Å². The van der Waals surface area contributed by atoms with E-state index >= 15 is 0 Å². The summed E-state index contributed by atoms with van der Waals surface area (Å²) in [4.78, 5) is 26.2. The molecule has 0 aromatic heterocycles. The van der Waals surface area contributed by atoms with E-state index in [2.05, 4.69) is 0 Å². The van der Waals surface area contributed by atoms with Gasteiger partial charge in [0, 0.05) is 5.69 Å². The van der Waals surface area contributed by atoms with Crippen LogP contribution in [0.15, 0.2) is 18.2 Å². The van der Waals surface area contributed by atoms with Gasteiger partial charge < -0.3 is 15.4 Å². The Labute approximate surface area is 122 Å². The van der Waals surface area contributed by atoms with Gasteiger partial charge in [-0.25, -0.2) is 14.1 Å². The number of ether oxygens (including phenoxy) is 1. The summed E-state index contributed by atoms with van der Waals surface area (Å²) >= 11 is 0. The number of rotatable bonds is 1. The van der Waals surface area contributed by atoms with Gasteiger partial charge >= 0.3 is 6.09 Å². The number of anilines is 2. The first kappa shape index (κ1) is 15.1. The summed E-state index contributed by atoms with van der Waals surface area (Å²) in [7, 11) is 0. The summed E-state index contributed by atoms with van der Waals surface area (Å²) < 4.78 is 19.0. The number of halogens is 1. The molecular weight excluding hydrogens is 277 g/mol. The first-order valence-corrected chi connectivity index (χ1v) is 6.51. The molecule has 1 aromatic carbocycles. The molecule has 2 N–H and O–H groups in total. The zero-order valence-corrected chi connectivity index (χ0v) is 12.2. The summed E-state index contributed by atoms with van der Waals surface area (Å²) in [5.41, 5.74) is 5.31. The van der Waals surface area contributed by atoms with Crippen molar-refractivity contribution in [2.24, 2.45) is 0 Å². The fourth-order valence-electron chi connectivity index (χ4n) is 1.97. The van der Waals surface area contributed by atoms with Crippen LogP contribution in [-0.2, 0) is 9.53 Å². The van der Waals surface area contributed by atoms with Gasteiger partial charge in [-0.3, -0.25) is 4.79 Å². The minimum atomic E-state index is -0.731. The summed E-state index contributed by atoms with van der Waals surface area (Å²) in [5, 5.41) is 0. The van der Waals surface area contributed by atoms with Crippen LogP contribution in [0.5, 0.6) is 0 Å². The molecule has 1 saturated heterocycles. The van der Waals surface area contributed by atoms with E-state index in [1.54, 1.807) is 26.8 Å². The highest BCUT2D eigenvalue weighted by Crippen LogP contribution is 2.25. The zero-order valence-electron chi connectivity index (χ0n) is 12.2. The van der Waals surface area contributed by atoms with Crippen molar-refractivity contribution < 1.29 is 18.7 Å². The molecule has 0 spiro atoms. The maximum atomic E-state index is 13.9. The monoisotopic (exact) mass is 295 g/mol. The molecule has 114 valence electrons. The zero-order chi connectivity index (χ0) is 15.8. The van der Waals surface area contributed by atoms with Gasteiger partial charge in [-0.2, -0.15) is 0 Å². The minimum absolute atomic E-state index is 0.0470. The van der Waals surface area contributed by atoms with E-state index in [0.29, 0.717) is 5.69 Å². The maximum Gasteiger partial charge on any atom is 0.418 e. The van der Waals surface area contributed by atoms with Crippen LogP contribution in [0.4, 0.5) is 20.6 Å². The topological polar surface area (TPSA) is 75.9 Å². The van der Waals surface area contributed by atoms with Crippen molar-refractivity contribution in [1.82, 2.24) is 4.90 Å². The lowest BCUT2D eigenvalue weighted by Crippen LogP contribution is -2.38. The van der Waals surface area contributed by atoms with Gasteiger partial charge in [0.2, 0.25) is 0 Å². The Morgan fingerprint density at radius 2 is 2.05 bits per heavy atom. The average Bonchev–Trinajstić information content (AvgIpc) is 2.68. The molecule has 1 heterocycles. The molecule has 2 rings (SSSR count). The number of benzene rings is 1. The molecule has 6 nitrogen and oxygen atoms in total. The van der Waals surface area contributed by atoms with Crippen molar-refractivity contribution >= 4 is 23.4 Å². The number of hydrogen-bond donors (Lipinski definition) is 1. The van der Waals surface area contributed by atoms with Crippen molar-refractivity contribution in [1.29, 1.82) is 0 Å². The molecule has 0 radical (unpaired) electrons. The second-order valence-corrected chi connectivity index (χ2v) is 5.85. The van der Waals surface area contributed by atoms with Gasteiger partial charge in [0.15, 0.2) is 0 Å². The molecular formula is C14H18FN3O3. The molecule has 0 unspecified atom stereocenters. The Morgan fingerprint density at radius 3 is 2.62 bits per heavy atom. The summed E-state index contributed by atoms with van der Waals surface area (Å²) in [6.07, 6.45) is -0.731. The molecule has 1 aromatic rings. The van der Waals surface area contributed by atoms with Crippen molar-refractivity contribution in [2.45, 2.75) is 26.4 Å². The van der Waals surface area contributed by atoms with Crippen LogP contribution in [0.25, 0.3) is 0 Å². The lowest BCUT2D eigenvalue weighted by molar-refractivity contribution is -0.125. The Hall–Kier alpha value is -2.31. The van der Waals surface area contributed by atoms with E-state index < -0.39 is 23.4 Å². The van der Waals surface area contributed by atoms with Gasteiger partial charge in [0.25, 0.3) is 5.91 Å². The quantitative estimate of drug-likeness (QED) is 0.801. The average molecular weight is 295 g/mol. The molecule has 2 amide bonds. The van der Waals surface area contributed by atoms with E-state index in [1.165, 1.54) is 17.0 Å². The molecule has 0 aliphatic carbocycles. The highest BCUT2D eigenvalue weighted by Gasteiger charge is 2.36. The van der Waals surface area contributed by atoms with Gasteiger partial charge in [0.1, 0.15) is 18.1 Å². The largest absolute Gasteiger partial charge is 0.443 e. The highest BCUT2D eigenvalue weighted by molar-refractivity contribution is 5.97. The summed E-state index contributed by atoms with van der Waals surface area (Å²) in [6, 6.07) is 4.20. The third-order valence-electron chi connectivity index (χ3n) is 2.87. The van der Waals surface area contributed by atoms with E-state index in [0.717, 1.165) is 4.90 Å². The number of nitrogens with zero attached hydrogens (tertiary/aromatic N) is 2. The Bertz CT molecular complexity index is 583. The second kappa shape index (κ2) is 5.23.